The van der Waals surface area contributed by atoms with Crippen molar-refractivity contribution in [2.24, 2.45) is 4.99 Å². The number of rotatable bonds is 4. The highest BCUT2D eigenvalue weighted by Gasteiger charge is 2.26. The van der Waals surface area contributed by atoms with Crippen LogP contribution in [0.5, 0.6) is 0 Å². The number of aryl methyl sites for hydroxylation is 1. The third-order valence-electron chi connectivity index (χ3n) is 8.20. The van der Waals surface area contributed by atoms with Gasteiger partial charge in [-0.15, -0.1) is 0 Å². The summed E-state index contributed by atoms with van der Waals surface area (Å²) < 4.78 is 0. The number of nitrogens with zero attached hydrogens (tertiary/aromatic N) is 3. The fourth-order valence-electron chi connectivity index (χ4n) is 6.17. The summed E-state index contributed by atoms with van der Waals surface area (Å²) in [7, 11) is 1.65. The van der Waals surface area contributed by atoms with Gasteiger partial charge in [-0.3, -0.25) is 4.79 Å². The van der Waals surface area contributed by atoms with Crippen LogP contribution < -0.4 is 10.6 Å². The molecule has 0 bridgehead atoms. The van der Waals surface area contributed by atoms with Crippen LogP contribution in [0.15, 0.2) is 35.2 Å². The van der Waals surface area contributed by atoms with Gasteiger partial charge in [0, 0.05) is 45.1 Å². The molecule has 6 nitrogen and oxygen atoms in total. The van der Waals surface area contributed by atoms with Crippen molar-refractivity contribution in [3.8, 4) is 0 Å². The predicted molar refractivity (Wildman–Crippen MR) is 133 cm³/mol. The van der Waals surface area contributed by atoms with E-state index in [9.17, 15) is 4.79 Å². The Morgan fingerprint density at radius 3 is 2.55 bits per heavy atom. The summed E-state index contributed by atoms with van der Waals surface area (Å²) in [5.41, 5.74) is 4.71. The van der Waals surface area contributed by atoms with E-state index in [1.165, 1.54) is 63.6 Å². The van der Waals surface area contributed by atoms with E-state index in [0.717, 1.165) is 37.8 Å². The van der Waals surface area contributed by atoms with Crippen molar-refractivity contribution in [1.29, 1.82) is 0 Å². The molecule has 3 aliphatic heterocycles. The minimum atomic E-state index is -0.370. The lowest BCUT2D eigenvalue weighted by Crippen LogP contribution is -2.44. The minimum absolute atomic E-state index is 0.0575. The third kappa shape index (κ3) is 5.11. The molecule has 1 amide bonds. The van der Waals surface area contributed by atoms with Gasteiger partial charge in [0.1, 0.15) is 11.9 Å². The zero-order valence-electron chi connectivity index (χ0n) is 20.1. The second-order valence-electron chi connectivity index (χ2n) is 10.2. The SMILES string of the molecule is CNC(=O)C1C=NC(N2CCC(c3ccc4c(c3)CCCN(C3CCCC3)CC4)CC2)=CN1. The molecule has 3 heterocycles. The molecule has 5 rings (SSSR count). The van der Waals surface area contributed by atoms with Crippen molar-refractivity contribution < 1.29 is 4.79 Å². The van der Waals surface area contributed by atoms with Gasteiger partial charge in [-0.1, -0.05) is 31.0 Å². The Balaban J connectivity index is 1.17. The van der Waals surface area contributed by atoms with Crippen LogP contribution in [0.3, 0.4) is 0 Å². The number of hydrogen-bond acceptors (Lipinski definition) is 5. The van der Waals surface area contributed by atoms with Crippen molar-refractivity contribution in [1.82, 2.24) is 20.4 Å². The molecular weight excluding hydrogens is 410 g/mol. The molecule has 0 spiro atoms. The van der Waals surface area contributed by atoms with E-state index in [1.807, 2.05) is 6.20 Å². The third-order valence-corrected chi connectivity index (χ3v) is 8.20. The normalized spacial score (nSPS) is 25.1. The molecule has 1 aliphatic carbocycles. The monoisotopic (exact) mass is 449 g/mol. The fraction of sp³-hybridized carbons (Fsp3) is 0.630. The van der Waals surface area contributed by atoms with Crippen LogP contribution in [0.4, 0.5) is 0 Å². The van der Waals surface area contributed by atoms with E-state index in [2.05, 4.69) is 43.6 Å². The van der Waals surface area contributed by atoms with E-state index < -0.39 is 0 Å². The van der Waals surface area contributed by atoms with Gasteiger partial charge in [-0.05, 0) is 74.1 Å². The average molecular weight is 450 g/mol. The summed E-state index contributed by atoms with van der Waals surface area (Å²) in [5.74, 6) is 1.52. The average Bonchev–Trinajstić information content (AvgIpc) is 3.39. The summed E-state index contributed by atoms with van der Waals surface area (Å²) in [6, 6.07) is 7.86. The van der Waals surface area contributed by atoms with Crippen molar-refractivity contribution in [2.45, 2.75) is 75.8 Å². The largest absolute Gasteiger partial charge is 0.372 e. The first-order chi connectivity index (χ1) is 16.2. The zero-order chi connectivity index (χ0) is 22.6. The van der Waals surface area contributed by atoms with Crippen LogP contribution in [-0.4, -0.2) is 67.2 Å². The Morgan fingerprint density at radius 1 is 1.00 bits per heavy atom. The number of carbonyl (C=O) groups excluding carboxylic acids is 1. The number of amides is 1. The first kappa shape index (κ1) is 22.5. The molecule has 1 saturated heterocycles. The first-order valence-corrected chi connectivity index (χ1v) is 13.0. The molecule has 1 aromatic rings. The van der Waals surface area contributed by atoms with Crippen LogP contribution in [0.25, 0.3) is 0 Å². The Morgan fingerprint density at radius 2 is 1.82 bits per heavy atom. The highest BCUT2D eigenvalue weighted by molar-refractivity contribution is 5.98. The van der Waals surface area contributed by atoms with Gasteiger partial charge in [-0.2, -0.15) is 0 Å². The van der Waals surface area contributed by atoms with Crippen LogP contribution >= 0.6 is 0 Å². The van der Waals surface area contributed by atoms with Crippen molar-refractivity contribution >= 4 is 12.1 Å². The second kappa shape index (κ2) is 10.3. The topological polar surface area (TPSA) is 60.0 Å². The van der Waals surface area contributed by atoms with E-state index in [-0.39, 0.29) is 11.9 Å². The molecule has 2 fully saturated rings. The summed E-state index contributed by atoms with van der Waals surface area (Å²) >= 11 is 0. The maximum Gasteiger partial charge on any atom is 0.247 e. The van der Waals surface area contributed by atoms with Gasteiger partial charge in [0.15, 0.2) is 0 Å². The van der Waals surface area contributed by atoms with Gasteiger partial charge >= 0.3 is 0 Å². The van der Waals surface area contributed by atoms with E-state index >= 15 is 0 Å². The molecule has 178 valence electrons. The number of hydrogen-bond donors (Lipinski definition) is 2. The maximum absolute atomic E-state index is 11.8. The smallest absolute Gasteiger partial charge is 0.247 e. The molecule has 1 unspecified atom stereocenters. The van der Waals surface area contributed by atoms with Crippen molar-refractivity contribution in [3.05, 3.63) is 46.9 Å². The molecule has 1 saturated carbocycles. The minimum Gasteiger partial charge on any atom is -0.372 e. The summed E-state index contributed by atoms with van der Waals surface area (Å²) in [6.45, 7) is 4.53. The Hall–Kier alpha value is -2.34. The molecule has 4 aliphatic rings. The lowest BCUT2D eigenvalue weighted by atomic mass is 9.86. The maximum atomic E-state index is 11.8. The Bertz CT molecular complexity index is 896. The number of fused-ring (bicyclic) bond motifs is 1. The first-order valence-electron chi connectivity index (χ1n) is 13.0. The zero-order valence-corrected chi connectivity index (χ0v) is 20.1. The van der Waals surface area contributed by atoms with Crippen LogP contribution in [0.2, 0.25) is 0 Å². The van der Waals surface area contributed by atoms with Crippen LogP contribution in [0.1, 0.15) is 67.6 Å². The van der Waals surface area contributed by atoms with E-state index in [1.54, 1.807) is 24.4 Å². The highest BCUT2D eigenvalue weighted by atomic mass is 16.2. The highest BCUT2D eigenvalue weighted by Crippen LogP contribution is 2.32. The summed E-state index contributed by atoms with van der Waals surface area (Å²) in [4.78, 5) is 21.4. The summed E-state index contributed by atoms with van der Waals surface area (Å²) in [6.07, 6.45) is 15.3. The number of aliphatic imine (C=N–C) groups is 1. The second-order valence-corrected chi connectivity index (χ2v) is 10.2. The lowest BCUT2D eigenvalue weighted by molar-refractivity contribution is -0.120. The van der Waals surface area contributed by atoms with Crippen molar-refractivity contribution in [3.63, 3.8) is 0 Å². The molecule has 1 aromatic carbocycles. The predicted octanol–water partition coefficient (Wildman–Crippen LogP) is 3.19. The number of benzene rings is 1. The van der Waals surface area contributed by atoms with Gasteiger partial charge in [-0.25, -0.2) is 4.99 Å². The molecule has 6 heteroatoms. The van der Waals surface area contributed by atoms with Gasteiger partial charge in [0.25, 0.3) is 0 Å². The fourth-order valence-corrected chi connectivity index (χ4v) is 6.17. The lowest BCUT2D eigenvalue weighted by Gasteiger charge is -2.35. The molecule has 1 atom stereocenters. The molecular formula is C27H39N5O. The molecule has 0 radical (unpaired) electrons. The summed E-state index contributed by atoms with van der Waals surface area (Å²) in [5, 5.41) is 5.82. The van der Waals surface area contributed by atoms with Gasteiger partial charge in [0.2, 0.25) is 5.91 Å². The van der Waals surface area contributed by atoms with E-state index in [0.29, 0.717) is 5.92 Å². The standard InChI is InChI=1S/C27H39N5O/c1-28-27(33)25-18-30-26(19-29-25)32-15-11-21(12-16-32)23-9-8-20-10-14-31(24-6-2-3-7-24)13-4-5-22(20)17-23/h8-9,17-19,21,24-25,29H,2-7,10-16H2,1H3,(H,28,33). The molecule has 2 N–H and O–H groups in total. The number of likely N-dealkylation sites (tertiary alicyclic amines) is 1. The number of piperidine rings is 1. The van der Waals surface area contributed by atoms with Gasteiger partial charge < -0.3 is 20.4 Å². The number of carbonyl (C=O) groups is 1. The number of nitrogens with one attached hydrogen (secondary N) is 2. The molecule has 33 heavy (non-hydrogen) atoms. The van der Waals surface area contributed by atoms with Crippen LogP contribution in [0, 0.1) is 0 Å². The quantitative estimate of drug-likeness (QED) is 0.741. The van der Waals surface area contributed by atoms with Gasteiger partial charge in [0.05, 0.1) is 0 Å². The van der Waals surface area contributed by atoms with Crippen molar-refractivity contribution in [2.75, 3.05) is 33.2 Å². The van der Waals surface area contributed by atoms with Crippen LogP contribution in [-0.2, 0) is 17.6 Å². The molecule has 0 aromatic heterocycles. The number of likely N-dealkylation sites (N-methyl/N-ethyl adjacent to an activating group) is 1. The Labute approximate surface area is 198 Å². The Kier molecular flexibility index (Phi) is 7.00. The van der Waals surface area contributed by atoms with E-state index in [4.69, 9.17) is 0 Å².